The Balaban J connectivity index is 1.95. The number of allylic oxidation sites excluding steroid dienone is 12. The van der Waals surface area contributed by atoms with Crippen LogP contribution >= 0.6 is 0 Å². The maximum atomic E-state index is 13.9. The highest BCUT2D eigenvalue weighted by Crippen LogP contribution is 2.29. The Bertz CT molecular complexity index is 2230. The number of aliphatic hydroxyl groups excluding tert-OH is 11. The van der Waals surface area contributed by atoms with Gasteiger partial charge in [0.1, 0.15) is 18.1 Å². The van der Waals surface area contributed by atoms with Crippen molar-refractivity contribution in [2.24, 2.45) is 23.5 Å². The molecule has 0 radical (unpaired) electrons. The van der Waals surface area contributed by atoms with Gasteiger partial charge in [-0.2, -0.15) is 0 Å². The first-order valence-corrected chi connectivity index (χ1v) is 28.0. The number of rotatable bonds is 11. The molecule has 18 unspecified atom stereocenters. The molecular weight excluding hydrogens is 1050 g/mol. The quantitative estimate of drug-likeness (QED) is 0.0655. The SMILES string of the molecule is CCCCC(O)C1CC(O)CC(O)CC(O)CC(O)CC(O)CC(=O)C(C(=O)O)C(O)C(C)C=CC=CC=CC=CC=CC=CC=CCC(CC(=O)c2ccc(N)cc2)OC(=O)CC(OC2OC(CO)CC(N)C2O)CC(O)CC1O. The molecule has 1 aromatic rings. The molecular formula is C60H90N2O19. The van der Waals surface area contributed by atoms with E-state index in [1.165, 1.54) is 13.0 Å². The first-order valence-electron chi connectivity index (χ1n) is 28.0. The fraction of sp³-hybridized carbons (Fsp3) is 0.600. The molecule has 454 valence electrons. The summed E-state index contributed by atoms with van der Waals surface area (Å²) in [7, 11) is 0. The zero-order valence-corrected chi connectivity index (χ0v) is 46.5. The number of carboxylic acid groups (broad SMARTS) is 1. The van der Waals surface area contributed by atoms with Crippen molar-refractivity contribution in [3.05, 3.63) is 115 Å². The number of ether oxygens (including phenoxy) is 3. The minimum absolute atomic E-state index is 0.0857. The van der Waals surface area contributed by atoms with Gasteiger partial charge in [0.25, 0.3) is 0 Å². The normalized spacial score (nSPS) is 33.6. The molecule has 0 aliphatic carbocycles. The van der Waals surface area contributed by atoms with Crippen molar-refractivity contribution in [1.82, 2.24) is 0 Å². The van der Waals surface area contributed by atoms with Crippen LogP contribution in [0.25, 0.3) is 0 Å². The molecule has 18 atom stereocenters. The third kappa shape index (κ3) is 27.2. The highest BCUT2D eigenvalue weighted by molar-refractivity contribution is 5.99. The van der Waals surface area contributed by atoms with Gasteiger partial charge in [0, 0.05) is 54.8 Å². The van der Waals surface area contributed by atoms with Crippen LogP contribution in [-0.4, -0.2) is 183 Å². The Morgan fingerprint density at radius 2 is 1.21 bits per heavy atom. The predicted octanol–water partition coefficient (Wildman–Crippen LogP) is 2.70. The summed E-state index contributed by atoms with van der Waals surface area (Å²) in [5.41, 5.74) is 12.8. The van der Waals surface area contributed by atoms with Crippen LogP contribution in [0, 0.1) is 17.8 Å². The molecule has 3 rings (SSSR count). The standard InChI is InChI=1S/C60H90N2O19/c1-3-4-20-51(70)49-30-43(67)27-41(65)25-40(64)26-42(66)28-44(68)32-54(73)56(59(77)78)57(75)37(2)18-16-14-12-10-8-6-5-7-9-11-13-15-17-19-46(34-52(71)38-21-23-39(61)24-22-38)79-55(74)35-47(29-45(69)31-53(49)72)80-60-58(76)50(62)33-48(36-63)81-60/h5-18,21-24,37,40-51,53,56-58,60,63-70,72,75-76H,3-4,19-20,25-36,61-62H2,1-2H3,(H,77,78). The molecule has 0 aromatic heterocycles. The highest BCUT2D eigenvalue weighted by atomic mass is 16.7. The first-order chi connectivity index (χ1) is 38.5. The fourth-order valence-corrected chi connectivity index (χ4v) is 9.69. The molecule has 1 aromatic carbocycles. The van der Waals surface area contributed by atoms with Crippen molar-refractivity contribution in [2.45, 2.75) is 202 Å². The van der Waals surface area contributed by atoms with Gasteiger partial charge >= 0.3 is 11.9 Å². The van der Waals surface area contributed by atoms with Crippen molar-refractivity contribution in [3.63, 3.8) is 0 Å². The molecule has 1 saturated heterocycles. The maximum absolute atomic E-state index is 13.9. The van der Waals surface area contributed by atoms with E-state index in [2.05, 4.69) is 0 Å². The van der Waals surface area contributed by atoms with Gasteiger partial charge in [-0.15, -0.1) is 0 Å². The molecule has 0 bridgehead atoms. The van der Waals surface area contributed by atoms with E-state index in [9.17, 15) is 80.5 Å². The molecule has 2 aliphatic heterocycles. The molecule has 2 heterocycles. The summed E-state index contributed by atoms with van der Waals surface area (Å²) in [6.45, 7) is 2.94. The number of cyclic esters (lactones) is 1. The third-order valence-electron chi connectivity index (χ3n) is 14.2. The second kappa shape index (κ2) is 37.9. The van der Waals surface area contributed by atoms with Gasteiger partial charge in [-0.3, -0.25) is 19.2 Å². The van der Waals surface area contributed by atoms with E-state index < -0.39 is 159 Å². The molecule has 0 spiro atoms. The van der Waals surface area contributed by atoms with E-state index in [1.807, 2.05) is 6.92 Å². The average Bonchev–Trinajstić information content (AvgIpc) is 3.42. The van der Waals surface area contributed by atoms with Crippen molar-refractivity contribution in [3.8, 4) is 0 Å². The number of hydrogen-bond donors (Lipinski definition) is 14. The van der Waals surface area contributed by atoms with Crippen LogP contribution in [0.15, 0.2) is 109 Å². The first kappa shape index (κ1) is 70.2. The summed E-state index contributed by atoms with van der Waals surface area (Å²) >= 11 is 0. The van der Waals surface area contributed by atoms with Crippen molar-refractivity contribution in [2.75, 3.05) is 12.3 Å². The lowest BCUT2D eigenvalue weighted by Crippen LogP contribution is -2.55. The Hall–Kier alpha value is -5.08. The van der Waals surface area contributed by atoms with E-state index in [0.717, 1.165) is 0 Å². The van der Waals surface area contributed by atoms with Gasteiger partial charge in [0.15, 0.2) is 17.9 Å². The number of unbranched alkanes of at least 4 members (excludes halogenated alkanes) is 1. The molecule has 81 heavy (non-hydrogen) atoms. The lowest BCUT2D eigenvalue weighted by atomic mass is 9.83. The summed E-state index contributed by atoms with van der Waals surface area (Å²) < 4.78 is 17.8. The van der Waals surface area contributed by atoms with Crippen molar-refractivity contribution < 1.29 is 94.7 Å². The lowest BCUT2D eigenvalue weighted by molar-refractivity contribution is -0.268. The van der Waals surface area contributed by atoms with E-state index in [-0.39, 0.29) is 63.6 Å². The molecule has 0 amide bonds. The fourth-order valence-electron chi connectivity index (χ4n) is 9.69. The highest BCUT2D eigenvalue weighted by Gasteiger charge is 2.40. The summed E-state index contributed by atoms with van der Waals surface area (Å²) in [5, 5.41) is 130. The van der Waals surface area contributed by atoms with Crippen molar-refractivity contribution in [1.29, 1.82) is 0 Å². The van der Waals surface area contributed by atoms with Crippen LogP contribution in [0.4, 0.5) is 5.69 Å². The number of carboxylic acids is 1. The zero-order valence-electron chi connectivity index (χ0n) is 46.5. The Morgan fingerprint density at radius 1 is 0.679 bits per heavy atom. The number of ketones is 2. The molecule has 1 fully saturated rings. The Labute approximate surface area is 474 Å². The second-order valence-corrected chi connectivity index (χ2v) is 21.3. The van der Waals surface area contributed by atoms with Gasteiger partial charge in [0.2, 0.25) is 0 Å². The topological polar surface area (TPSA) is 391 Å². The lowest BCUT2D eigenvalue weighted by Gasteiger charge is -2.39. The van der Waals surface area contributed by atoms with Crippen LogP contribution in [0.3, 0.4) is 0 Å². The van der Waals surface area contributed by atoms with E-state index in [0.29, 0.717) is 24.1 Å². The molecule has 21 nitrogen and oxygen atoms in total. The van der Waals surface area contributed by atoms with Crippen LogP contribution in [0.5, 0.6) is 0 Å². The number of hydrogen-bond acceptors (Lipinski definition) is 20. The summed E-state index contributed by atoms with van der Waals surface area (Å²) in [4.78, 5) is 52.6. The minimum Gasteiger partial charge on any atom is -0.481 e. The molecule has 16 N–H and O–H groups in total. The minimum atomic E-state index is -1.89. The number of Topliss-reactive ketones (excluding diaryl/α,β-unsaturated/α-hetero) is 2. The van der Waals surface area contributed by atoms with Crippen LogP contribution in [0.1, 0.15) is 121 Å². The average molecular weight is 1140 g/mol. The molecule has 21 heteroatoms. The Morgan fingerprint density at radius 3 is 1.77 bits per heavy atom. The van der Waals surface area contributed by atoms with Gasteiger partial charge < -0.3 is 87.0 Å². The van der Waals surface area contributed by atoms with Gasteiger partial charge in [-0.1, -0.05) is 112 Å². The number of esters is 1. The maximum Gasteiger partial charge on any atom is 0.316 e. The number of carbonyl (C=O) groups excluding carboxylic acids is 3. The van der Waals surface area contributed by atoms with Crippen LogP contribution in [-0.2, 0) is 28.6 Å². The van der Waals surface area contributed by atoms with Gasteiger partial charge in [-0.05, 0) is 75.6 Å². The number of nitrogens with two attached hydrogens (primary N) is 2. The van der Waals surface area contributed by atoms with Crippen LogP contribution in [0.2, 0.25) is 0 Å². The summed E-state index contributed by atoms with van der Waals surface area (Å²) in [6, 6.07) is 5.33. The second-order valence-electron chi connectivity index (χ2n) is 21.3. The van der Waals surface area contributed by atoms with Crippen LogP contribution < -0.4 is 11.5 Å². The Kier molecular flexibility index (Phi) is 32.8. The number of benzene rings is 1. The number of nitrogen functional groups attached to an aromatic ring is 1. The van der Waals surface area contributed by atoms with E-state index >= 15 is 0 Å². The number of anilines is 1. The van der Waals surface area contributed by atoms with Crippen molar-refractivity contribution >= 4 is 29.2 Å². The van der Waals surface area contributed by atoms with Gasteiger partial charge in [-0.25, -0.2) is 0 Å². The summed E-state index contributed by atoms with van der Waals surface area (Å²) in [5.74, 6) is -7.54. The van der Waals surface area contributed by atoms with E-state index in [1.54, 1.807) is 103 Å². The number of carbonyl (C=O) groups is 4. The predicted molar refractivity (Wildman–Crippen MR) is 301 cm³/mol. The zero-order chi connectivity index (χ0) is 60.0. The summed E-state index contributed by atoms with van der Waals surface area (Å²) in [6.07, 6.45) is 2.24. The molecule has 2 aliphatic rings. The van der Waals surface area contributed by atoms with Gasteiger partial charge in [0.05, 0.1) is 80.2 Å². The number of aliphatic hydroxyl groups is 11. The molecule has 0 saturated carbocycles. The largest absolute Gasteiger partial charge is 0.481 e. The van der Waals surface area contributed by atoms with E-state index in [4.69, 9.17) is 25.7 Å². The number of aliphatic carboxylic acids is 1. The monoisotopic (exact) mass is 1140 g/mol. The smallest absolute Gasteiger partial charge is 0.316 e. The third-order valence-corrected chi connectivity index (χ3v) is 14.2.